The molecule has 148 valence electrons. The largest absolute Gasteiger partial charge is 0.478 e. The van der Waals surface area contributed by atoms with Gasteiger partial charge in [0.05, 0.1) is 12.7 Å². The summed E-state index contributed by atoms with van der Waals surface area (Å²) in [6.45, 7) is -0.0530. The van der Waals surface area contributed by atoms with Crippen LogP contribution >= 0.6 is 0 Å². The zero-order chi connectivity index (χ0) is 20.4. The predicted molar refractivity (Wildman–Crippen MR) is 97.8 cm³/mol. The highest BCUT2D eigenvalue weighted by atomic mass is 19.1. The zero-order valence-electron chi connectivity index (χ0n) is 14.8. The summed E-state index contributed by atoms with van der Waals surface area (Å²) >= 11 is 0. The van der Waals surface area contributed by atoms with Crippen LogP contribution in [0.25, 0.3) is 11.1 Å². The third kappa shape index (κ3) is 3.74. The number of pyridine rings is 1. The summed E-state index contributed by atoms with van der Waals surface area (Å²) in [5, 5.41) is 19.0. The quantitative estimate of drug-likeness (QED) is 0.594. The Morgan fingerprint density at radius 2 is 1.82 bits per heavy atom. The summed E-state index contributed by atoms with van der Waals surface area (Å²) in [6, 6.07) is 3.43. The van der Waals surface area contributed by atoms with Gasteiger partial charge in [-0.15, -0.1) is 0 Å². The van der Waals surface area contributed by atoms with Crippen molar-refractivity contribution >= 4 is 17.8 Å². The molecule has 1 aliphatic carbocycles. The third-order valence-corrected chi connectivity index (χ3v) is 4.79. The van der Waals surface area contributed by atoms with Crippen LogP contribution in [-0.2, 0) is 11.3 Å². The summed E-state index contributed by atoms with van der Waals surface area (Å²) in [5.74, 6) is -4.21. The van der Waals surface area contributed by atoms with Gasteiger partial charge in [-0.05, 0) is 36.1 Å². The number of hydrogen-bond donors (Lipinski definition) is 4. The van der Waals surface area contributed by atoms with E-state index in [1.165, 1.54) is 6.07 Å². The summed E-state index contributed by atoms with van der Waals surface area (Å²) in [4.78, 5) is 37.7. The summed E-state index contributed by atoms with van der Waals surface area (Å²) < 4.78 is 19.6. The van der Waals surface area contributed by atoms with E-state index in [1.807, 2.05) is 4.98 Å². The number of nitrogen functional groups attached to an aromatic ring is 1. The molecule has 0 radical (unpaired) electrons. The first-order valence-corrected chi connectivity index (χ1v) is 8.72. The molecule has 1 aromatic heterocycles. The molecule has 3 rings (SSSR count). The lowest BCUT2D eigenvalue weighted by Gasteiger charge is -2.17. The number of rotatable bonds is 6. The lowest BCUT2D eigenvalue weighted by Crippen LogP contribution is -2.24. The highest BCUT2D eigenvalue weighted by molar-refractivity contribution is 6.07. The van der Waals surface area contributed by atoms with E-state index >= 15 is 0 Å². The molecular formula is C19H19FN2O6. The average Bonchev–Trinajstić information content (AvgIpc) is 3.12. The number of aromatic amines is 1. The molecule has 1 aliphatic rings. The smallest absolute Gasteiger partial charge is 0.342 e. The number of ether oxygens (including phenoxy) is 1. The number of hydrogen-bond acceptors (Lipinski definition) is 5. The van der Waals surface area contributed by atoms with Crippen LogP contribution in [0.15, 0.2) is 23.0 Å². The number of carbonyl (C=O) groups is 2. The minimum Gasteiger partial charge on any atom is -0.478 e. The summed E-state index contributed by atoms with van der Waals surface area (Å²) in [7, 11) is 0. The number of carboxylic acids is 2. The Kier molecular flexibility index (Phi) is 5.46. The summed E-state index contributed by atoms with van der Waals surface area (Å²) in [6.07, 6.45) is 3.78. The molecule has 0 atom stereocenters. The number of carboxylic acid groups (broad SMARTS) is 2. The Bertz CT molecular complexity index is 995. The predicted octanol–water partition coefficient (Wildman–Crippen LogP) is 2.62. The van der Waals surface area contributed by atoms with Crippen LogP contribution < -0.4 is 11.3 Å². The van der Waals surface area contributed by atoms with E-state index in [0.717, 1.165) is 37.8 Å². The number of H-pyrrole nitrogens is 1. The molecule has 0 aliphatic heterocycles. The second-order valence-corrected chi connectivity index (χ2v) is 6.62. The van der Waals surface area contributed by atoms with Crippen LogP contribution in [0.1, 0.15) is 52.0 Å². The van der Waals surface area contributed by atoms with Gasteiger partial charge >= 0.3 is 11.9 Å². The summed E-state index contributed by atoms with van der Waals surface area (Å²) in [5.41, 5.74) is 3.21. The molecule has 0 bridgehead atoms. The van der Waals surface area contributed by atoms with Crippen molar-refractivity contribution in [3.05, 3.63) is 51.1 Å². The Labute approximate surface area is 158 Å². The lowest BCUT2D eigenvalue weighted by atomic mass is 9.92. The fraction of sp³-hybridized carbons (Fsp3) is 0.316. The van der Waals surface area contributed by atoms with Gasteiger partial charge in [0.15, 0.2) is 0 Å². The molecule has 1 aromatic carbocycles. The van der Waals surface area contributed by atoms with Crippen molar-refractivity contribution in [1.29, 1.82) is 0 Å². The van der Waals surface area contributed by atoms with Gasteiger partial charge in [0, 0.05) is 5.56 Å². The van der Waals surface area contributed by atoms with Crippen molar-refractivity contribution in [1.82, 2.24) is 4.98 Å². The Morgan fingerprint density at radius 3 is 2.43 bits per heavy atom. The maximum Gasteiger partial charge on any atom is 0.342 e. The molecule has 5 N–H and O–H groups in total. The van der Waals surface area contributed by atoms with Gasteiger partial charge in [-0.1, -0.05) is 18.9 Å². The second-order valence-electron chi connectivity index (χ2n) is 6.62. The van der Waals surface area contributed by atoms with Crippen LogP contribution in [-0.4, -0.2) is 33.2 Å². The highest BCUT2D eigenvalue weighted by Gasteiger charge is 2.28. The number of nitrogens with two attached hydrogens (primary N) is 1. The van der Waals surface area contributed by atoms with Gasteiger partial charge in [-0.3, -0.25) is 4.79 Å². The topological polar surface area (TPSA) is 143 Å². The van der Waals surface area contributed by atoms with Crippen molar-refractivity contribution in [3.63, 3.8) is 0 Å². The molecule has 1 saturated carbocycles. The maximum atomic E-state index is 13.9. The molecule has 0 amide bonds. The zero-order valence-corrected chi connectivity index (χ0v) is 14.8. The van der Waals surface area contributed by atoms with E-state index in [4.69, 9.17) is 10.5 Å². The highest BCUT2D eigenvalue weighted by Crippen LogP contribution is 2.33. The van der Waals surface area contributed by atoms with E-state index in [1.54, 1.807) is 0 Å². The second kappa shape index (κ2) is 7.81. The van der Waals surface area contributed by atoms with Gasteiger partial charge in [-0.25, -0.2) is 14.0 Å². The molecule has 0 saturated heterocycles. The van der Waals surface area contributed by atoms with E-state index in [2.05, 4.69) is 0 Å². The van der Waals surface area contributed by atoms with Gasteiger partial charge in [0.2, 0.25) is 0 Å². The van der Waals surface area contributed by atoms with E-state index < -0.39 is 40.3 Å². The van der Waals surface area contributed by atoms with Crippen LogP contribution in [0.2, 0.25) is 0 Å². The minimum atomic E-state index is -1.62. The maximum absolute atomic E-state index is 13.9. The van der Waals surface area contributed by atoms with Crippen molar-refractivity contribution in [2.75, 3.05) is 5.73 Å². The third-order valence-electron chi connectivity index (χ3n) is 4.79. The van der Waals surface area contributed by atoms with Gasteiger partial charge < -0.3 is 25.7 Å². The molecule has 1 heterocycles. The first-order valence-electron chi connectivity index (χ1n) is 8.72. The Hall–Kier alpha value is -3.20. The fourth-order valence-corrected chi connectivity index (χ4v) is 3.50. The number of nitrogens with one attached hydrogen (secondary N) is 1. The van der Waals surface area contributed by atoms with Crippen LogP contribution in [0, 0.1) is 5.82 Å². The Balaban J connectivity index is 2.21. The number of aromatic carboxylic acids is 2. The first-order chi connectivity index (χ1) is 13.3. The van der Waals surface area contributed by atoms with Crippen LogP contribution in [0.3, 0.4) is 0 Å². The van der Waals surface area contributed by atoms with E-state index in [9.17, 15) is 29.0 Å². The molecule has 9 heteroatoms. The molecule has 2 aromatic rings. The number of anilines is 1. The number of aromatic nitrogens is 1. The number of halogens is 1. The van der Waals surface area contributed by atoms with Gasteiger partial charge in [0.25, 0.3) is 5.56 Å². The first kappa shape index (κ1) is 19.6. The van der Waals surface area contributed by atoms with E-state index in [0.29, 0.717) is 0 Å². The monoisotopic (exact) mass is 390 g/mol. The molecule has 28 heavy (non-hydrogen) atoms. The normalized spacial score (nSPS) is 14.3. The van der Waals surface area contributed by atoms with Crippen LogP contribution in [0.5, 0.6) is 0 Å². The van der Waals surface area contributed by atoms with Crippen molar-refractivity contribution in [2.45, 2.75) is 38.4 Å². The molecule has 0 unspecified atom stereocenters. The standard InChI is InChI=1S/C19H19FN2O6/c20-10-5-6-12(9(7-10)8-28-11-3-1-2-4-11)13-14(18(24)25)16(21)22-17(23)15(13)19(26)27/h5-7,11H,1-4,8H2,(H,24,25)(H,26,27)(H3,21,22,23). The Morgan fingerprint density at radius 1 is 1.18 bits per heavy atom. The molecule has 1 fully saturated rings. The van der Waals surface area contributed by atoms with Crippen molar-refractivity contribution < 1.29 is 28.9 Å². The van der Waals surface area contributed by atoms with E-state index in [-0.39, 0.29) is 29.4 Å². The fourth-order valence-electron chi connectivity index (χ4n) is 3.50. The molecular weight excluding hydrogens is 371 g/mol. The van der Waals surface area contributed by atoms with Crippen LogP contribution in [0.4, 0.5) is 10.2 Å². The SMILES string of the molecule is Nc1[nH]c(=O)c(C(=O)O)c(-c2ccc(F)cc2COC2CCCC2)c1C(=O)O. The minimum absolute atomic E-state index is 0.00162. The molecule has 0 spiro atoms. The van der Waals surface area contributed by atoms with Gasteiger partial charge in [-0.2, -0.15) is 0 Å². The number of benzene rings is 1. The lowest BCUT2D eigenvalue weighted by molar-refractivity contribution is 0.0457. The average molecular weight is 390 g/mol. The van der Waals surface area contributed by atoms with Crippen molar-refractivity contribution in [2.24, 2.45) is 0 Å². The van der Waals surface area contributed by atoms with Gasteiger partial charge in [0.1, 0.15) is 22.8 Å². The molecule has 8 nitrogen and oxygen atoms in total. The van der Waals surface area contributed by atoms with Crippen molar-refractivity contribution in [3.8, 4) is 11.1 Å².